The first-order valence-corrected chi connectivity index (χ1v) is 9.26. The van der Waals surface area contributed by atoms with Crippen LogP contribution in [0.25, 0.3) is 0 Å². The van der Waals surface area contributed by atoms with Crippen LogP contribution >= 0.6 is 0 Å². The number of hydrogen-bond donors (Lipinski definition) is 2. The summed E-state index contributed by atoms with van der Waals surface area (Å²) in [4.78, 5) is 35.5. The van der Waals surface area contributed by atoms with Gasteiger partial charge in [0.25, 0.3) is 0 Å². The molecule has 7 heteroatoms. The summed E-state index contributed by atoms with van der Waals surface area (Å²) in [6.07, 6.45) is 0. The third-order valence-electron chi connectivity index (χ3n) is 2.59. The average Bonchev–Trinajstić information content (AvgIpc) is 2.46. The molecule has 0 aromatic rings. The van der Waals surface area contributed by atoms with Gasteiger partial charge < -0.3 is 14.9 Å². The van der Waals surface area contributed by atoms with Gasteiger partial charge in [0, 0.05) is 5.20 Å². The smallest absolute Gasteiger partial charge is 0.330 e. The van der Waals surface area contributed by atoms with E-state index in [9.17, 15) is 24.6 Å². The fourth-order valence-corrected chi connectivity index (χ4v) is 3.43. The van der Waals surface area contributed by atoms with Gasteiger partial charge in [-0.1, -0.05) is 19.6 Å². The number of carbonyl (C=O) groups excluding carboxylic acids is 3. The van der Waals surface area contributed by atoms with Crippen molar-refractivity contribution in [3.05, 3.63) is 22.3 Å². The summed E-state index contributed by atoms with van der Waals surface area (Å²) < 4.78 is 4.86. The first-order chi connectivity index (χ1) is 8.62. The van der Waals surface area contributed by atoms with Crippen molar-refractivity contribution in [3.8, 4) is 0 Å². The summed E-state index contributed by atoms with van der Waals surface area (Å²) in [6, 6.07) is 0. The Kier molecular flexibility index (Phi) is 3.99. The van der Waals surface area contributed by atoms with E-state index in [4.69, 9.17) is 4.74 Å². The molecule has 1 rings (SSSR count). The lowest BCUT2D eigenvalue weighted by Crippen LogP contribution is -2.34. The molecule has 2 N–H and O–H groups in total. The predicted octanol–water partition coefficient (Wildman–Crippen LogP) is 1.20. The van der Waals surface area contributed by atoms with Crippen molar-refractivity contribution in [2.24, 2.45) is 0 Å². The molecule has 0 amide bonds. The topological polar surface area (TPSA) is 101 Å². The molecule has 0 heterocycles. The van der Waals surface area contributed by atoms with Gasteiger partial charge in [-0.05, 0) is 6.92 Å². The highest BCUT2D eigenvalue weighted by atomic mass is 28.3. The maximum atomic E-state index is 11.9. The normalized spacial score (nSPS) is 16.1. The first kappa shape index (κ1) is 15.2. The van der Waals surface area contributed by atoms with Crippen molar-refractivity contribution in [1.29, 1.82) is 0 Å². The van der Waals surface area contributed by atoms with Gasteiger partial charge in [0.05, 0.1) is 20.3 Å². The third-order valence-corrected chi connectivity index (χ3v) is 4.54. The second-order valence-electron chi connectivity index (χ2n) is 5.08. The maximum absolute atomic E-state index is 11.9. The van der Waals surface area contributed by atoms with E-state index < -0.39 is 42.7 Å². The number of ketones is 2. The molecular formula is C12H16O6Si. The Balaban J connectivity index is 3.50. The highest BCUT2D eigenvalue weighted by Crippen LogP contribution is 2.29. The Labute approximate surface area is 111 Å². The number of Topliss-reactive ketones (excluding diaryl/α,β-unsaturated/α-hetero) is 2. The van der Waals surface area contributed by atoms with E-state index in [-0.39, 0.29) is 11.8 Å². The van der Waals surface area contributed by atoms with Crippen LogP contribution in [0.4, 0.5) is 0 Å². The van der Waals surface area contributed by atoms with Crippen molar-refractivity contribution in [2.75, 3.05) is 6.61 Å². The molecule has 0 aliphatic heterocycles. The van der Waals surface area contributed by atoms with Crippen LogP contribution in [-0.4, -0.2) is 42.4 Å². The Morgan fingerprint density at radius 3 is 1.84 bits per heavy atom. The van der Waals surface area contributed by atoms with Crippen LogP contribution in [0.5, 0.6) is 0 Å². The fourth-order valence-electron chi connectivity index (χ4n) is 1.77. The number of carbonyl (C=O) groups is 3. The number of aliphatic hydroxyl groups excluding tert-OH is 2. The molecule has 104 valence electrons. The zero-order valence-electron chi connectivity index (χ0n) is 11.2. The van der Waals surface area contributed by atoms with Crippen molar-refractivity contribution in [1.82, 2.24) is 0 Å². The van der Waals surface area contributed by atoms with Crippen LogP contribution in [0.3, 0.4) is 0 Å². The molecule has 0 bridgehead atoms. The summed E-state index contributed by atoms with van der Waals surface area (Å²) in [5.41, 5.74) is -0.465. The van der Waals surface area contributed by atoms with Crippen LogP contribution in [0.15, 0.2) is 22.3 Å². The Hall–Kier alpha value is -1.89. The molecule has 1 aliphatic carbocycles. The zero-order valence-corrected chi connectivity index (χ0v) is 12.2. The van der Waals surface area contributed by atoms with E-state index in [2.05, 4.69) is 0 Å². The predicted molar refractivity (Wildman–Crippen MR) is 69.3 cm³/mol. The standard InChI is InChI=1S/C12H16O6Si/c1-5-18-12(17)11(19(2,3)4)6-7(13)9(15)10(16)8(6)14/h15-16H,5H2,1-4H3. The molecule has 0 unspecified atom stereocenters. The molecule has 0 radical (unpaired) electrons. The highest BCUT2D eigenvalue weighted by Gasteiger charge is 2.44. The summed E-state index contributed by atoms with van der Waals surface area (Å²) in [5, 5.41) is 18.6. The molecule has 0 saturated heterocycles. The lowest BCUT2D eigenvalue weighted by Gasteiger charge is -2.20. The number of allylic oxidation sites excluding steroid dienone is 2. The molecule has 0 aromatic carbocycles. The van der Waals surface area contributed by atoms with E-state index in [1.165, 1.54) is 0 Å². The number of rotatable bonds is 3. The number of hydrogen-bond acceptors (Lipinski definition) is 6. The Bertz CT molecular complexity index is 495. The average molecular weight is 284 g/mol. The third kappa shape index (κ3) is 2.60. The number of esters is 1. The lowest BCUT2D eigenvalue weighted by atomic mass is 10.1. The van der Waals surface area contributed by atoms with Crippen LogP contribution < -0.4 is 0 Å². The van der Waals surface area contributed by atoms with Crippen LogP contribution in [0, 0.1) is 0 Å². The van der Waals surface area contributed by atoms with Gasteiger partial charge in [-0.25, -0.2) is 4.79 Å². The molecule has 0 atom stereocenters. The van der Waals surface area contributed by atoms with Gasteiger partial charge in [-0.2, -0.15) is 0 Å². The van der Waals surface area contributed by atoms with Gasteiger partial charge in [0.2, 0.25) is 23.1 Å². The van der Waals surface area contributed by atoms with Crippen molar-refractivity contribution in [3.63, 3.8) is 0 Å². The van der Waals surface area contributed by atoms with E-state index in [0.717, 1.165) is 0 Å². The molecule has 0 aromatic heterocycles. The summed E-state index contributed by atoms with van der Waals surface area (Å²) in [7, 11) is -2.38. The molecule has 0 saturated carbocycles. The molecule has 6 nitrogen and oxygen atoms in total. The first-order valence-electron chi connectivity index (χ1n) is 5.76. The molecule has 0 fully saturated rings. The summed E-state index contributed by atoms with van der Waals surface area (Å²) in [5.74, 6) is -4.82. The molecule has 19 heavy (non-hydrogen) atoms. The highest BCUT2D eigenvalue weighted by molar-refractivity contribution is 6.88. The van der Waals surface area contributed by atoms with Crippen LogP contribution in [0.1, 0.15) is 6.92 Å². The SMILES string of the molecule is CCOC(=O)C(=C1C(=O)C(O)=C(O)C1=O)[Si](C)(C)C. The minimum absolute atomic E-state index is 0.0139. The van der Waals surface area contributed by atoms with Gasteiger partial charge in [0.15, 0.2) is 0 Å². The minimum Gasteiger partial charge on any atom is -0.501 e. The van der Waals surface area contributed by atoms with Crippen LogP contribution in [-0.2, 0) is 19.1 Å². The Morgan fingerprint density at radius 1 is 1.11 bits per heavy atom. The van der Waals surface area contributed by atoms with Crippen molar-refractivity contribution < 1.29 is 29.3 Å². The van der Waals surface area contributed by atoms with Crippen molar-refractivity contribution in [2.45, 2.75) is 26.6 Å². The zero-order chi connectivity index (χ0) is 15.0. The second kappa shape index (κ2) is 5.00. The largest absolute Gasteiger partial charge is 0.501 e. The van der Waals surface area contributed by atoms with Gasteiger partial charge in [0.1, 0.15) is 0 Å². The monoisotopic (exact) mass is 284 g/mol. The maximum Gasteiger partial charge on any atom is 0.330 e. The van der Waals surface area contributed by atoms with E-state index in [1.807, 2.05) is 0 Å². The van der Waals surface area contributed by atoms with E-state index >= 15 is 0 Å². The second-order valence-corrected chi connectivity index (χ2v) is 10.1. The quantitative estimate of drug-likeness (QED) is 0.349. The fraction of sp³-hybridized carbons (Fsp3) is 0.417. The van der Waals surface area contributed by atoms with Gasteiger partial charge >= 0.3 is 5.97 Å². The van der Waals surface area contributed by atoms with Gasteiger partial charge in [-0.3, -0.25) is 9.59 Å². The Morgan fingerprint density at radius 2 is 1.53 bits per heavy atom. The van der Waals surface area contributed by atoms with E-state index in [1.54, 1.807) is 26.6 Å². The summed E-state index contributed by atoms with van der Waals surface area (Å²) >= 11 is 0. The lowest BCUT2D eigenvalue weighted by molar-refractivity contribution is -0.138. The summed E-state index contributed by atoms with van der Waals surface area (Å²) in [6.45, 7) is 7.00. The number of aliphatic hydroxyl groups is 2. The van der Waals surface area contributed by atoms with Crippen LogP contribution in [0.2, 0.25) is 19.6 Å². The molecule has 0 spiro atoms. The van der Waals surface area contributed by atoms with E-state index in [0.29, 0.717) is 0 Å². The molecule has 1 aliphatic rings. The minimum atomic E-state index is -2.38. The number of ether oxygens (including phenoxy) is 1. The van der Waals surface area contributed by atoms with Gasteiger partial charge in [-0.15, -0.1) is 0 Å². The van der Waals surface area contributed by atoms with Crippen molar-refractivity contribution >= 4 is 25.6 Å². The molecular weight excluding hydrogens is 268 g/mol.